The van der Waals surface area contributed by atoms with E-state index >= 15 is 0 Å². The molecule has 1 saturated carbocycles. The number of carboxylic acids is 1. The van der Waals surface area contributed by atoms with Crippen molar-refractivity contribution in [1.29, 1.82) is 0 Å². The molecule has 1 aliphatic rings. The number of halogens is 3. The normalized spacial score (nSPS) is 21.9. The van der Waals surface area contributed by atoms with Crippen LogP contribution in [-0.4, -0.2) is 17.0 Å². The highest BCUT2D eigenvalue weighted by Gasteiger charge is 2.35. The Balaban J connectivity index is 2.17. The van der Waals surface area contributed by atoms with Gasteiger partial charge in [0.25, 0.3) is 0 Å². The number of benzene rings is 1. The quantitative estimate of drug-likeness (QED) is 0.790. The van der Waals surface area contributed by atoms with Gasteiger partial charge in [0.05, 0.1) is 32.6 Å². The summed E-state index contributed by atoms with van der Waals surface area (Å²) in [6.07, 6.45) is 2.75. The minimum absolute atomic E-state index is 0.264. The van der Waals surface area contributed by atoms with Gasteiger partial charge in [-0.15, -0.1) is 0 Å². The highest BCUT2D eigenvalue weighted by atomic mass is 35.5. The van der Waals surface area contributed by atoms with Gasteiger partial charge in [-0.05, 0) is 25.0 Å². The summed E-state index contributed by atoms with van der Waals surface area (Å²) in [6.45, 7) is 0. The van der Waals surface area contributed by atoms with Crippen LogP contribution in [0.3, 0.4) is 0 Å². The molecule has 2 N–H and O–H groups in total. The van der Waals surface area contributed by atoms with Crippen LogP contribution >= 0.6 is 34.8 Å². The van der Waals surface area contributed by atoms with Crippen LogP contribution in [0, 0.1) is 11.8 Å². The maximum absolute atomic E-state index is 12.3. The molecule has 0 saturated heterocycles. The second-order valence-electron chi connectivity index (χ2n) is 5.07. The summed E-state index contributed by atoms with van der Waals surface area (Å²) in [5.41, 5.74) is 0.339. The molecule has 1 fully saturated rings. The molecular weight excluding hydrogens is 337 g/mol. The summed E-state index contributed by atoms with van der Waals surface area (Å²) in [4.78, 5) is 23.6. The van der Waals surface area contributed by atoms with Gasteiger partial charge in [-0.25, -0.2) is 0 Å². The van der Waals surface area contributed by atoms with E-state index in [1.807, 2.05) is 0 Å². The van der Waals surface area contributed by atoms with E-state index in [1.54, 1.807) is 0 Å². The molecule has 1 aliphatic carbocycles. The topological polar surface area (TPSA) is 66.4 Å². The van der Waals surface area contributed by atoms with Crippen molar-refractivity contribution in [1.82, 2.24) is 0 Å². The van der Waals surface area contributed by atoms with Crippen molar-refractivity contribution in [2.75, 3.05) is 5.32 Å². The molecule has 0 aliphatic heterocycles. The Labute approximate surface area is 137 Å². The number of hydrogen-bond donors (Lipinski definition) is 2. The lowest BCUT2D eigenvalue weighted by Crippen LogP contribution is -2.36. The number of rotatable bonds is 3. The Morgan fingerprint density at radius 2 is 1.57 bits per heavy atom. The summed E-state index contributed by atoms with van der Waals surface area (Å²) in [6, 6.07) is 2.90. The standard InChI is InChI=1S/C14H14Cl3NO3/c15-9-5-11(17)12(6-10(9)16)18-13(19)7-3-1-2-4-8(7)14(20)21/h5-8H,1-4H2,(H,18,19)(H,20,21)/t7-,8-/m1/s1. The van der Waals surface area contributed by atoms with Gasteiger partial charge in [0.15, 0.2) is 0 Å². The van der Waals surface area contributed by atoms with Crippen LogP contribution in [0.2, 0.25) is 15.1 Å². The molecule has 0 spiro atoms. The highest BCUT2D eigenvalue weighted by Crippen LogP contribution is 2.35. The van der Waals surface area contributed by atoms with Gasteiger partial charge in [0.1, 0.15) is 0 Å². The maximum Gasteiger partial charge on any atom is 0.307 e. The van der Waals surface area contributed by atoms with E-state index < -0.39 is 17.8 Å². The molecule has 114 valence electrons. The van der Waals surface area contributed by atoms with Crippen LogP contribution in [0.25, 0.3) is 0 Å². The second kappa shape index (κ2) is 6.86. The minimum atomic E-state index is -0.935. The third kappa shape index (κ3) is 3.82. The van der Waals surface area contributed by atoms with Crippen molar-refractivity contribution in [3.8, 4) is 0 Å². The van der Waals surface area contributed by atoms with E-state index in [0.717, 1.165) is 12.8 Å². The van der Waals surface area contributed by atoms with Gasteiger partial charge >= 0.3 is 5.97 Å². The van der Waals surface area contributed by atoms with E-state index in [9.17, 15) is 14.7 Å². The van der Waals surface area contributed by atoms with Gasteiger partial charge < -0.3 is 10.4 Å². The Morgan fingerprint density at radius 3 is 2.19 bits per heavy atom. The van der Waals surface area contributed by atoms with Crippen LogP contribution in [-0.2, 0) is 9.59 Å². The van der Waals surface area contributed by atoms with E-state index in [2.05, 4.69) is 5.32 Å². The maximum atomic E-state index is 12.3. The van der Waals surface area contributed by atoms with Crippen LogP contribution < -0.4 is 5.32 Å². The zero-order valence-electron chi connectivity index (χ0n) is 11.0. The predicted octanol–water partition coefficient (Wildman–Crippen LogP) is 4.48. The van der Waals surface area contributed by atoms with Crippen molar-refractivity contribution in [2.24, 2.45) is 11.8 Å². The molecule has 0 radical (unpaired) electrons. The molecule has 4 nitrogen and oxygen atoms in total. The molecule has 1 amide bonds. The number of carbonyl (C=O) groups is 2. The minimum Gasteiger partial charge on any atom is -0.481 e. The van der Waals surface area contributed by atoms with Gasteiger partial charge in [-0.1, -0.05) is 47.6 Å². The van der Waals surface area contributed by atoms with Crippen LogP contribution in [0.4, 0.5) is 5.69 Å². The summed E-state index contributed by atoms with van der Waals surface area (Å²) in [7, 11) is 0. The summed E-state index contributed by atoms with van der Waals surface area (Å²) in [5.74, 6) is -2.49. The lowest BCUT2D eigenvalue weighted by Gasteiger charge is -2.27. The zero-order chi connectivity index (χ0) is 15.6. The molecule has 0 aromatic heterocycles. The monoisotopic (exact) mass is 349 g/mol. The fraction of sp³-hybridized carbons (Fsp3) is 0.429. The fourth-order valence-corrected chi connectivity index (χ4v) is 3.18. The molecule has 21 heavy (non-hydrogen) atoms. The lowest BCUT2D eigenvalue weighted by molar-refractivity contribution is -0.147. The first-order chi connectivity index (χ1) is 9.90. The molecule has 2 rings (SSSR count). The Bertz CT molecular complexity index is 577. The molecule has 0 unspecified atom stereocenters. The molecule has 0 heterocycles. The summed E-state index contributed by atoms with van der Waals surface area (Å²) in [5, 5.41) is 12.7. The predicted molar refractivity (Wildman–Crippen MR) is 83.2 cm³/mol. The van der Waals surface area contributed by atoms with Crippen molar-refractivity contribution in [2.45, 2.75) is 25.7 Å². The van der Waals surface area contributed by atoms with E-state index in [4.69, 9.17) is 34.8 Å². The first kappa shape index (κ1) is 16.4. The van der Waals surface area contributed by atoms with Crippen molar-refractivity contribution in [3.63, 3.8) is 0 Å². The lowest BCUT2D eigenvalue weighted by atomic mass is 9.78. The third-order valence-electron chi connectivity index (χ3n) is 3.69. The molecule has 1 aromatic carbocycles. The van der Waals surface area contributed by atoms with Crippen LogP contribution in [0.5, 0.6) is 0 Å². The highest BCUT2D eigenvalue weighted by molar-refractivity contribution is 6.44. The summed E-state index contributed by atoms with van der Waals surface area (Å²) >= 11 is 17.7. The van der Waals surface area contributed by atoms with E-state index in [1.165, 1.54) is 12.1 Å². The number of aliphatic carboxylic acids is 1. The first-order valence-electron chi connectivity index (χ1n) is 6.58. The number of hydrogen-bond acceptors (Lipinski definition) is 2. The average molecular weight is 351 g/mol. The molecule has 2 atom stereocenters. The van der Waals surface area contributed by atoms with Crippen molar-refractivity contribution >= 4 is 52.4 Å². The SMILES string of the molecule is O=C(O)[C@@H]1CCCC[C@H]1C(=O)Nc1cc(Cl)c(Cl)cc1Cl. The number of nitrogens with one attached hydrogen (secondary N) is 1. The first-order valence-corrected chi connectivity index (χ1v) is 7.71. The third-order valence-corrected chi connectivity index (χ3v) is 4.72. The van der Waals surface area contributed by atoms with Crippen molar-refractivity contribution in [3.05, 3.63) is 27.2 Å². The van der Waals surface area contributed by atoms with E-state index in [0.29, 0.717) is 23.6 Å². The Morgan fingerprint density at radius 1 is 1.00 bits per heavy atom. The fourth-order valence-electron chi connectivity index (χ4n) is 2.58. The molecule has 7 heteroatoms. The molecule has 1 aromatic rings. The number of amides is 1. The Kier molecular flexibility index (Phi) is 5.36. The number of carboxylic acid groups (broad SMARTS) is 1. The number of carbonyl (C=O) groups excluding carboxylic acids is 1. The molecular formula is C14H14Cl3NO3. The largest absolute Gasteiger partial charge is 0.481 e. The van der Waals surface area contributed by atoms with E-state index in [-0.39, 0.29) is 16.0 Å². The van der Waals surface area contributed by atoms with Crippen LogP contribution in [0.1, 0.15) is 25.7 Å². The van der Waals surface area contributed by atoms with Gasteiger partial charge in [-0.3, -0.25) is 9.59 Å². The van der Waals surface area contributed by atoms with Gasteiger partial charge in [-0.2, -0.15) is 0 Å². The van der Waals surface area contributed by atoms with Gasteiger partial charge in [0, 0.05) is 0 Å². The smallest absolute Gasteiger partial charge is 0.307 e. The van der Waals surface area contributed by atoms with Crippen molar-refractivity contribution < 1.29 is 14.7 Å². The second-order valence-corrected chi connectivity index (χ2v) is 6.29. The van der Waals surface area contributed by atoms with Gasteiger partial charge in [0.2, 0.25) is 5.91 Å². The Hall–Kier alpha value is -0.970. The summed E-state index contributed by atoms with van der Waals surface area (Å²) < 4.78 is 0. The number of anilines is 1. The van der Waals surface area contributed by atoms with Crippen LogP contribution in [0.15, 0.2) is 12.1 Å². The zero-order valence-corrected chi connectivity index (χ0v) is 13.3. The average Bonchev–Trinajstić information content (AvgIpc) is 2.44. The molecule has 0 bridgehead atoms.